The van der Waals surface area contributed by atoms with Gasteiger partial charge in [0.15, 0.2) is 6.10 Å². The van der Waals surface area contributed by atoms with Crippen LogP contribution in [0.25, 0.3) is 0 Å². The van der Waals surface area contributed by atoms with Crippen LogP contribution < -0.4 is 20.3 Å². The highest BCUT2D eigenvalue weighted by Gasteiger charge is 2.34. The highest BCUT2D eigenvalue weighted by atomic mass is 16.5. The number of benzene rings is 1. The van der Waals surface area contributed by atoms with Crippen molar-refractivity contribution in [3.63, 3.8) is 0 Å². The number of hydrogen-bond acceptors (Lipinski definition) is 5. The average Bonchev–Trinajstić information content (AvgIpc) is 2.79. The number of anilines is 1. The molecule has 8 heteroatoms. The molecule has 2 heterocycles. The van der Waals surface area contributed by atoms with Gasteiger partial charge in [0.1, 0.15) is 5.75 Å². The van der Waals surface area contributed by atoms with E-state index in [2.05, 4.69) is 10.6 Å². The van der Waals surface area contributed by atoms with Crippen molar-refractivity contribution in [3.8, 4) is 5.75 Å². The normalized spacial score (nSPS) is 21.6. The monoisotopic (exact) mass is 428 g/mol. The van der Waals surface area contributed by atoms with Crippen molar-refractivity contribution in [3.05, 3.63) is 24.3 Å². The van der Waals surface area contributed by atoms with Gasteiger partial charge in [0.05, 0.1) is 18.8 Å². The summed E-state index contributed by atoms with van der Waals surface area (Å²) in [5.74, 6) is 0.160. The number of para-hydroxylation sites is 2. The van der Waals surface area contributed by atoms with Gasteiger partial charge in [-0.1, -0.05) is 31.4 Å². The molecule has 0 aromatic heterocycles. The van der Waals surface area contributed by atoms with Gasteiger partial charge in [0, 0.05) is 19.1 Å². The zero-order chi connectivity index (χ0) is 21.6. The number of nitrogens with one attached hydrogen (secondary N) is 2. The van der Waals surface area contributed by atoms with Crippen LogP contribution >= 0.6 is 0 Å². The van der Waals surface area contributed by atoms with E-state index >= 15 is 0 Å². The Hall–Kier alpha value is -2.77. The highest BCUT2D eigenvalue weighted by Crippen LogP contribution is 2.33. The van der Waals surface area contributed by atoms with Gasteiger partial charge >= 0.3 is 6.03 Å². The van der Waals surface area contributed by atoms with E-state index in [0.29, 0.717) is 5.75 Å². The van der Waals surface area contributed by atoms with E-state index in [1.54, 1.807) is 0 Å². The van der Waals surface area contributed by atoms with Gasteiger partial charge in [0.25, 0.3) is 5.91 Å². The summed E-state index contributed by atoms with van der Waals surface area (Å²) in [6, 6.07) is 7.09. The van der Waals surface area contributed by atoms with Crippen molar-refractivity contribution >= 4 is 23.5 Å². The first kappa shape index (κ1) is 21.5. The van der Waals surface area contributed by atoms with Gasteiger partial charge in [-0.25, -0.2) is 4.79 Å². The second kappa shape index (κ2) is 10.0. The highest BCUT2D eigenvalue weighted by molar-refractivity contribution is 5.97. The first-order chi connectivity index (χ1) is 15.1. The summed E-state index contributed by atoms with van der Waals surface area (Å²) in [5.41, 5.74) is 0.757. The minimum Gasteiger partial charge on any atom is -0.477 e. The number of hydrogen-bond donors (Lipinski definition) is 2. The molecular weight excluding hydrogens is 396 g/mol. The van der Waals surface area contributed by atoms with Crippen molar-refractivity contribution in [2.24, 2.45) is 0 Å². The fourth-order valence-electron chi connectivity index (χ4n) is 4.71. The number of rotatable bonds is 4. The van der Waals surface area contributed by atoms with Crippen LogP contribution in [0.2, 0.25) is 0 Å². The quantitative estimate of drug-likeness (QED) is 0.769. The van der Waals surface area contributed by atoms with Crippen molar-refractivity contribution in [1.29, 1.82) is 0 Å². The molecule has 1 saturated carbocycles. The molecule has 0 spiro atoms. The van der Waals surface area contributed by atoms with Crippen LogP contribution in [0.3, 0.4) is 0 Å². The standard InChI is InChI=1S/C23H32N4O4/c28-21(25-23(30)24-17-9-3-1-4-10-17)16-27-15-20(22(29)26-13-7-2-8-14-26)31-19-12-6-5-11-18(19)27/h5-6,11-12,17,20H,1-4,7-10,13-16H2,(H2,24,25,28,30)/t20-/m1/s1. The van der Waals surface area contributed by atoms with E-state index in [1.807, 2.05) is 34.1 Å². The molecule has 168 valence electrons. The Morgan fingerprint density at radius 2 is 1.68 bits per heavy atom. The second-order valence-electron chi connectivity index (χ2n) is 8.70. The third-order valence-electron chi connectivity index (χ3n) is 6.33. The van der Waals surface area contributed by atoms with E-state index in [1.165, 1.54) is 6.42 Å². The minimum atomic E-state index is -0.656. The minimum absolute atomic E-state index is 0.0117. The zero-order valence-electron chi connectivity index (χ0n) is 18.0. The summed E-state index contributed by atoms with van der Waals surface area (Å²) >= 11 is 0. The molecule has 2 aliphatic heterocycles. The van der Waals surface area contributed by atoms with E-state index in [0.717, 1.165) is 63.7 Å². The molecule has 0 unspecified atom stereocenters. The van der Waals surface area contributed by atoms with Crippen molar-refractivity contribution < 1.29 is 19.1 Å². The summed E-state index contributed by atoms with van der Waals surface area (Å²) in [6.07, 6.45) is 7.84. The molecule has 4 amide bonds. The molecule has 1 aliphatic carbocycles. The lowest BCUT2D eigenvalue weighted by atomic mass is 9.96. The van der Waals surface area contributed by atoms with Crippen LogP contribution in [0.1, 0.15) is 51.4 Å². The summed E-state index contributed by atoms with van der Waals surface area (Å²) in [5, 5.41) is 5.35. The maximum Gasteiger partial charge on any atom is 0.321 e. The molecule has 1 aromatic carbocycles. The number of likely N-dealkylation sites (tertiary alicyclic amines) is 1. The topological polar surface area (TPSA) is 91.0 Å². The van der Waals surface area contributed by atoms with Gasteiger partial charge in [-0.05, 0) is 44.2 Å². The van der Waals surface area contributed by atoms with Crippen LogP contribution in [-0.4, -0.2) is 61.1 Å². The maximum absolute atomic E-state index is 13.0. The largest absolute Gasteiger partial charge is 0.477 e. The third kappa shape index (κ3) is 5.48. The molecule has 8 nitrogen and oxygen atoms in total. The summed E-state index contributed by atoms with van der Waals surface area (Å²) < 4.78 is 6.00. The Morgan fingerprint density at radius 1 is 0.968 bits per heavy atom. The Balaban J connectivity index is 1.38. The number of imide groups is 1. The molecule has 4 rings (SSSR count). The first-order valence-corrected chi connectivity index (χ1v) is 11.5. The van der Waals surface area contributed by atoms with Gasteiger partial charge < -0.3 is 19.9 Å². The van der Waals surface area contributed by atoms with E-state index in [9.17, 15) is 14.4 Å². The van der Waals surface area contributed by atoms with Crippen molar-refractivity contribution in [2.75, 3.05) is 31.1 Å². The number of carbonyl (C=O) groups excluding carboxylic acids is 3. The fraction of sp³-hybridized carbons (Fsp3) is 0.609. The van der Waals surface area contributed by atoms with E-state index < -0.39 is 18.0 Å². The van der Waals surface area contributed by atoms with Crippen molar-refractivity contribution in [1.82, 2.24) is 15.5 Å². The van der Waals surface area contributed by atoms with Crippen LogP contribution in [0.5, 0.6) is 5.75 Å². The Morgan fingerprint density at radius 3 is 2.45 bits per heavy atom. The maximum atomic E-state index is 13.0. The lowest BCUT2D eigenvalue weighted by Crippen LogP contribution is -2.54. The lowest BCUT2D eigenvalue weighted by Gasteiger charge is -2.38. The number of urea groups is 1. The second-order valence-corrected chi connectivity index (χ2v) is 8.70. The van der Waals surface area contributed by atoms with Crippen LogP contribution in [0.15, 0.2) is 24.3 Å². The SMILES string of the molecule is O=C(CN1C[C@H](C(=O)N2CCCCC2)Oc2ccccc21)NC(=O)NC1CCCCC1. The van der Waals surface area contributed by atoms with E-state index in [-0.39, 0.29) is 25.0 Å². The third-order valence-corrected chi connectivity index (χ3v) is 6.33. The molecule has 31 heavy (non-hydrogen) atoms. The predicted molar refractivity (Wildman–Crippen MR) is 117 cm³/mol. The molecule has 0 bridgehead atoms. The Kier molecular flexibility index (Phi) is 6.94. The van der Waals surface area contributed by atoms with Gasteiger partial charge in [0.2, 0.25) is 5.91 Å². The fourth-order valence-corrected chi connectivity index (χ4v) is 4.71. The number of ether oxygens (including phenoxy) is 1. The average molecular weight is 429 g/mol. The molecule has 0 radical (unpaired) electrons. The molecule has 2 fully saturated rings. The molecule has 1 aromatic rings. The van der Waals surface area contributed by atoms with E-state index in [4.69, 9.17) is 4.74 Å². The number of carbonyl (C=O) groups is 3. The number of amides is 4. The zero-order valence-corrected chi connectivity index (χ0v) is 18.0. The molecule has 3 aliphatic rings. The number of nitrogens with zero attached hydrogens (tertiary/aromatic N) is 2. The summed E-state index contributed by atoms with van der Waals surface area (Å²) in [7, 11) is 0. The number of piperidine rings is 1. The Bertz CT molecular complexity index is 803. The molecule has 1 atom stereocenters. The van der Waals surface area contributed by atoms with Gasteiger partial charge in [-0.15, -0.1) is 0 Å². The van der Waals surface area contributed by atoms with Crippen LogP contribution in [0, 0.1) is 0 Å². The first-order valence-electron chi connectivity index (χ1n) is 11.5. The smallest absolute Gasteiger partial charge is 0.321 e. The molecule has 1 saturated heterocycles. The molecular formula is C23H32N4O4. The number of fused-ring (bicyclic) bond motifs is 1. The predicted octanol–water partition coefficient (Wildman–Crippen LogP) is 2.42. The van der Waals surface area contributed by atoms with Crippen LogP contribution in [-0.2, 0) is 9.59 Å². The van der Waals surface area contributed by atoms with Crippen LogP contribution in [0.4, 0.5) is 10.5 Å². The Labute approximate surface area is 183 Å². The van der Waals surface area contributed by atoms with Crippen molar-refractivity contribution in [2.45, 2.75) is 63.5 Å². The summed E-state index contributed by atoms with van der Waals surface area (Å²) in [6.45, 7) is 1.77. The van der Waals surface area contributed by atoms with Gasteiger partial charge in [-0.3, -0.25) is 14.9 Å². The lowest BCUT2D eigenvalue weighted by molar-refractivity contribution is -0.139. The molecule has 2 N–H and O–H groups in total. The van der Waals surface area contributed by atoms with Gasteiger partial charge in [-0.2, -0.15) is 0 Å². The summed E-state index contributed by atoms with van der Waals surface area (Å²) in [4.78, 5) is 41.5.